The Morgan fingerprint density at radius 2 is 2.11 bits per heavy atom. The molecule has 3 nitrogen and oxygen atoms in total. The van der Waals surface area contributed by atoms with Gasteiger partial charge in [-0.25, -0.2) is 0 Å². The molecule has 3 heterocycles. The van der Waals surface area contributed by atoms with Gasteiger partial charge in [0.15, 0.2) is 0 Å². The summed E-state index contributed by atoms with van der Waals surface area (Å²) in [6.45, 7) is 4.51. The van der Waals surface area contributed by atoms with Crippen LogP contribution in [-0.4, -0.2) is 48.1 Å². The van der Waals surface area contributed by atoms with Crippen LogP contribution in [0.4, 0.5) is 0 Å². The van der Waals surface area contributed by atoms with E-state index in [4.69, 9.17) is 5.73 Å². The highest BCUT2D eigenvalue weighted by Crippen LogP contribution is 2.33. The normalized spacial score (nSPS) is 32.2. The van der Waals surface area contributed by atoms with E-state index in [0.717, 1.165) is 12.1 Å². The fraction of sp³-hybridized carbons (Fsp3) is 0.733. The van der Waals surface area contributed by atoms with Gasteiger partial charge >= 0.3 is 0 Å². The lowest BCUT2D eigenvalue weighted by Gasteiger charge is -2.35. The predicted octanol–water partition coefficient (Wildman–Crippen LogP) is 2.30. The van der Waals surface area contributed by atoms with E-state index in [0.29, 0.717) is 6.04 Å². The Morgan fingerprint density at radius 1 is 1.32 bits per heavy atom. The van der Waals surface area contributed by atoms with Gasteiger partial charge in [0.1, 0.15) is 0 Å². The molecule has 0 saturated carbocycles. The topological polar surface area (TPSA) is 32.5 Å². The largest absolute Gasteiger partial charge is 0.326 e. The SMILES string of the molecule is CC(N)C(c1ccsc1)N1CCC2CCC(C1)N2C. The molecule has 19 heavy (non-hydrogen) atoms. The van der Waals surface area contributed by atoms with Gasteiger partial charge < -0.3 is 5.73 Å². The molecule has 2 aliphatic heterocycles. The van der Waals surface area contributed by atoms with Crippen molar-refractivity contribution < 1.29 is 0 Å². The third-order valence-electron chi connectivity index (χ3n) is 4.96. The van der Waals surface area contributed by atoms with Crippen LogP contribution in [-0.2, 0) is 0 Å². The van der Waals surface area contributed by atoms with E-state index in [1.165, 1.54) is 37.9 Å². The number of thiophene rings is 1. The van der Waals surface area contributed by atoms with Crippen molar-refractivity contribution in [2.75, 3.05) is 20.1 Å². The molecule has 4 atom stereocenters. The van der Waals surface area contributed by atoms with Gasteiger partial charge in [0, 0.05) is 31.2 Å². The quantitative estimate of drug-likeness (QED) is 0.921. The molecule has 4 heteroatoms. The Labute approximate surface area is 120 Å². The van der Waals surface area contributed by atoms with E-state index in [1.54, 1.807) is 11.3 Å². The molecule has 2 aliphatic rings. The van der Waals surface area contributed by atoms with Gasteiger partial charge in [0.05, 0.1) is 6.04 Å². The summed E-state index contributed by atoms with van der Waals surface area (Å²) >= 11 is 1.78. The lowest BCUT2D eigenvalue weighted by atomic mass is 9.99. The first-order valence-corrected chi connectivity index (χ1v) is 8.34. The van der Waals surface area contributed by atoms with Gasteiger partial charge in [-0.3, -0.25) is 9.80 Å². The molecule has 1 aromatic heterocycles. The second-order valence-corrected chi connectivity index (χ2v) is 6.97. The van der Waals surface area contributed by atoms with Crippen LogP contribution < -0.4 is 5.73 Å². The number of nitrogens with two attached hydrogens (primary N) is 1. The van der Waals surface area contributed by atoms with Crippen molar-refractivity contribution in [1.82, 2.24) is 9.80 Å². The zero-order valence-corrected chi connectivity index (χ0v) is 12.8. The number of rotatable bonds is 3. The van der Waals surface area contributed by atoms with Crippen LogP contribution in [0.1, 0.15) is 37.8 Å². The molecule has 2 N–H and O–H groups in total. The Kier molecular flexibility index (Phi) is 3.94. The minimum atomic E-state index is 0.191. The van der Waals surface area contributed by atoms with Crippen molar-refractivity contribution in [3.63, 3.8) is 0 Å². The predicted molar refractivity (Wildman–Crippen MR) is 81.5 cm³/mol. The maximum atomic E-state index is 6.29. The molecule has 2 bridgehead atoms. The molecule has 0 amide bonds. The van der Waals surface area contributed by atoms with Gasteiger partial charge in [-0.2, -0.15) is 11.3 Å². The van der Waals surface area contributed by atoms with E-state index in [1.807, 2.05) is 0 Å². The average molecular weight is 279 g/mol. The second-order valence-electron chi connectivity index (χ2n) is 6.19. The number of hydrogen-bond donors (Lipinski definition) is 1. The summed E-state index contributed by atoms with van der Waals surface area (Å²) in [6, 6.07) is 4.35. The van der Waals surface area contributed by atoms with Gasteiger partial charge in [0.25, 0.3) is 0 Å². The highest BCUT2D eigenvalue weighted by Gasteiger charge is 2.37. The van der Waals surface area contributed by atoms with Crippen LogP contribution in [0.15, 0.2) is 16.8 Å². The number of hydrogen-bond acceptors (Lipinski definition) is 4. The number of nitrogens with zero attached hydrogens (tertiary/aromatic N) is 2. The van der Waals surface area contributed by atoms with Gasteiger partial charge in [0.2, 0.25) is 0 Å². The standard InChI is InChI=1S/C15H25N3S/c1-11(16)15(12-6-8-19-10-12)18-7-5-13-3-4-14(9-18)17(13)2/h6,8,10-11,13-15H,3-5,7,9,16H2,1-2H3. The summed E-state index contributed by atoms with van der Waals surface area (Å²) in [5.41, 5.74) is 7.70. The molecular formula is C15H25N3S. The summed E-state index contributed by atoms with van der Waals surface area (Å²) < 4.78 is 0. The molecule has 4 unspecified atom stereocenters. The maximum Gasteiger partial charge on any atom is 0.0505 e. The van der Waals surface area contributed by atoms with Crippen molar-refractivity contribution >= 4 is 11.3 Å². The Bertz CT molecular complexity index is 404. The van der Waals surface area contributed by atoms with Crippen LogP contribution in [0.25, 0.3) is 0 Å². The second kappa shape index (κ2) is 5.52. The third-order valence-corrected chi connectivity index (χ3v) is 5.66. The van der Waals surface area contributed by atoms with Crippen molar-refractivity contribution in [2.24, 2.45) is 5.73 Å². The van der Waals surface area contributed by atoms with Crippen molar-refractivity contribution in [3.05, 3.63) is 22.4 Å². The van der Waals surface area contributed by atoms with Crippen molar-refractivity contribution in [1.29, 1.82) is 0 Å². The molecule has 0 spiro atoms. The number of likely N-dealkylation sites (tertiary alicyclic amines) is 1. The number of likely N-dealkylation sites (N-methyl/N-ethyl adjacent to an activating group) is 1. The molecular weight excluding hydrogens is 254 g/mol. The van der Waals surface area contributed by atoms with Crippen LogP contribution >= 0.6 is 11.3 Å². The first kappa shape index (κ1) is 13.6. The minimum Gasteiger partial charge on any atom is -0.326 e. The van der Waals surface area contributed by atoms with Crippen molar-refractivity contribution in [2.45, 2.75) is 50.4 Å². The van der Waals surface area contributed by atoms with Gasteiger partial charge in [-0.05, 0) is 55.6 Å². The third kappa shape index (κ3) is 2.59. The molecule has 0 aromatic carbocycles. The van der Waals surface area contributed by atoms with E-state index in [-0.39, 0.29) is 6.04 Å². The van der Waals surface area contributed by atoms with Crippen molar-refractivity contribution in [3.8, 4) is 0 Å². The summed E-state index contributed by atoms with van der Waals surface area (Å²) in [4.78, 5) is 5.24. The highest BCUT2D eigenvalue weighted by atomic mass is 32.1. The molecule has 2 fully saturated rings. The molecule has 3 rings (SSSR count). The van der Waals surface area contributed by atoms with Crippen LogP contribution in [0, 0.1) is 0 Å². The fourth-order valence-electron chi connectivity index (χ4n) is 3.88. The monoisotopic (exact) mass is 279 g/mol. The van der Waals surface area contributed by atoms with Crippen LogP contribution in [0.2, 0.25) is 0 Å². The van der Waals surface area contributed by atoms with Gasteiger partial charge in [-0.15, -0.1) is 0 Å². The first-order valence-electron chi connectivity index (χ1n) is 7.40. The molecule has 106 valence electrons. The van der Waals surface area contributed by atoms with E-state index < -0.39 is 0 Å². The molecule has 1 aromatic rings. The summed E-state index contributed by atoms with van der Waals surface area (Å²) in [5, 5.41) is 4.43. The summed E-state index contributed by atoms with van der Waals surface area (Å²) in [6.07, 6.45) is 4.03. The minimum absolute atomic E-state index is 0.191. The van der Waals surface area contributed by atoms with E-state index >= 15 is 0 Å². The van der Waals surface area contributed by atoms with Gasteiger partial charge in [-0.1, -0.05) is 0 Å². The summed E-state index contributed by atoms with van der Waals surface area (Å²) in [7, 11) is 2.30. The lowest BCUT2D eigenvalue weighted by molar-refractivity contribution is 0.156. The highest BCUT2D eigenvalue weighted by molar-refractivity contribution is 7.07. The lowest BCUT2D eigenvalue weighted by Crippen LogP contribution is -2.43. The molecule has 0 radical (unpaired) electrons. The Balaban J connectivity index is 1.80. The van der Waals surface area contributed by atoms with Crippen LogP contribution in [0.3, 0.4) is 0 Å². The first-order chi connectivity index (χ1) is 9.16. The maximum absolute atomic E-state index is 6.29. The molecule has 0 aliphatic carbocycles. The van der Waals surface area contributed by atoms with E-state index in [2.05, 4.69) is 40.6 Å². The number of fused-ring (bicyclic) bond motifs is 2. The fourth-order valence-corrected chi connectivity index (χ4v) is 4.57. The zero-order valence-electron chi connectivity index (χ0n) is 12.0. The zero-order chi connectivity index (χ0) is 13.4. The average Bonchev–Trinajstić information content (AvgIpc) is 2.92. The van der Waals surface area contributed by atoms with Crippen LogP contribution in [0.5, 0.6) is 0 Å². The van der Waals surface area contributed by atoms with E-state index in [9.17, 15) is 0 Å². The summed E-state index contributed by atoms with van der Waals surface area (Å²) in [5.74, 6) is 0. The molecule has 2 saturated heterocycles. The Morgan fingerprint density at radius 3 is 2.79 bits per heavy atom. The smallest absolute Gasteiger partial charge is 0.0505 e. The Hall–Kier alpha value is -0.420.